The van der Waals surface area contributed by atoms with Gasteiger partial charge in [-0.2, -0.15) is 0 Å². The topological polar surface area (TPSA) is 98.7 Å². The monoisotopic (exact) mass is 565 g/mol. The molecule has 0 radical (unpaired) electrons. The van der Waals surface area contributed by atoms with E-state index in [1.165, 1.54) is 0 Å². The molecule has 0 aromatic heterocycles. The number of rotatable bonds is 9. The second kappa shape index (κ2) is 10.4. The Balaban J connectivity index is 1.61. The van der Waals surface area contributed by atoms with E-state index in [9.17, 15) is 14.4 Å². The van der Waals surface area contributed by atoms with E-state index in [4.69, 9.17) is 5.11 Å². The Hall–Kier alpha value is -1.58. The van der Waals surface area contributed by atoms with Crippen LogP contribution in [0.2, 0.25) is 0 Å². The van der Waals surface area contributed by atoms with Crippen LogP contribution in [0.4, 0.5) is 0 Å². The molecular formula is C26H36BrN3O4S. The lowest BCUT2D eigenvalue weighted by atomic mass is 9.70. The first-order valence-corrected chi connectivity index (χ1v) is 14.3. The number of benzene rings is 1. The van der Waals surface area contributed by atoms with Crippen LogP contribution < -0.4 is 10.6 Å². The van der Waals surface area contributed by atoms with Crippen LogP contribution in [0.1, 0.15) is 52.0 Å². The maximum atomic E-state index is 13.9. The fraction of sp³-hybridized carbons (Fsp3) is 0.654. The number of carbonyl (C=O) groups excluding carboxylic acids is 3. The Bertz CT molecular complexity index is 956. The molecule has 2 bridgehead atoms. The van der Waals surface area contributed by atoms with Crippen molar-refractivity contribution in [3.8, 4) is 0 Å². The van der Waals surface area contributed by atoms with Gasteiger partial charge in [-0.25, -0.2) is 0 Å². The van der Waals surface area contributed by atoms with Crippen LogP contribution >= 0.6 is 27.7 Å². The highest BCUT2D eigenvalue weighted by molar-refractivity contribution is 9.09. The van der Waals surface area contributed by atoms with Gasteiger partial charge in [-0.15, -0.1) is 11.8 Å². The van der Waals surface area contributed by atoms with E-state index in [1.54, 1.807) is 16.7 Å². The molecule has 6 atom stereocenters. The lowest BCUT2D eigenvalue weighted by Gasteiger charge is -2.36. The van der Waals surface area contributed by atoms with Crippen LogP contribution in [0.3, 0.4) is 0 Å². The Kier molecular flexibility index (Phi) is 7.88. The number of nitrogens with zero attached hydrogens (tertiary/aromatic N) is 1. The first kappa shape index (κ1) is 26.5. The Morgan fingerprint density at radius 1 is 1.17 bits per heavy atom. The van der Waals surface area contributed by atoms with Gasteiger partial charge in [-0.1, -0.05) is 46.3 Å². The van der Waals surface area contributed by atoms with Crippen molar-refractivity contribution in [2.24, 2.45) is 11.8 Å². The van der Waals surface area contributed by atoms with Crippen molar-refractivity contribution in [1.29, 1.82) is 0 Å². The standard InChI is InChI=1S/C26H36BrN3O4S/c1-25(2,3)29-23(33)21-26-14-17(27)20(35-26)18(22(32)28-15-16-10-6-4-7-11-16)19(26)24(34)30(21)12-8-5-9-13-31/h4,6-7,10-11,17-21,31H,5,8-9,12-15H2,1-3H3,(H,28,32)(H,29,33)/t17?,18-,19+,20-,21?,26?/m1/s1. The largest absolute Gasteiger partial charge is 0.396 e. The van der Waals surface area contributed by atoms with E-state index >= 15 is 0 Å². The van der Waals surface area contributed by atoms with Crippen LogP contribution in [0.15, 0.2) is 30.3 Å². The predicted octanol–water partition coefficient (Wildman–Crippen LogP) is 2.84. The zero-order valence-corrected chi connectivity index (χ0v) is 23.0. The van der Waals surface area contributed by atoms with Crippen molar-refractivity contribution in [3.05, 3.63) is 35.9 Å². The molecule has 9 heteroatoms. The van der Waals surface area contributed by atoms with E-state index in [0.29, 0.717) is 32.4 Å². The number of thioether (sulfide) groups is 1. The summed E-state index contributed by atoms with van der Waals surface area (Å²) in [6, 6.07) is 9.12. The van der Waals surface area contributed by atoms with Crippen molar-refractivity contribution >= 4 is 45.4 Å². The van der Waals surface area contributed by atoms with Crippen LogP contribution in [-0.4, -0.2) is 67.3 Å². The van der Waals surface area contributed by atoms with Gasteiger partial charge in [0.2, 0.25) is 17.7 Å². The zero-order chi connectivity index (χ0) is 25.4. The third-order valence-corrected chi connectivity index (χ3v) is 10.4. The van der Waals surface area contributed by atoms with Crippen molar-refractivity contribution in [2.45, 2.75) is 79.4 Å². The summed E-state index contributed by atoms with van der Waals surface area (Å²) in [6.45, 7) is 6.79. The second-order valence-corrected chi connectivity index (χ2v) is 13.6. The summed E-state index contributed by atoms with van der Waals surface area (Å²) in [5.41, 5.74) is 0.575. The van der Waals surface area contributed by atoms with Crippen molar-refractivity contribution in [2.75, 3.05) is 13.2 Å². The molecular weight excluding hydrogens is 530 g/mol. The number of hydrogen-bond donors (Lipinski definition) is 3. The van der Waals surface area contributed by atoms with Crippen molar-refractivity contribution in [3.63, 3.8) is 0 Å². The molecule has 3 aliphatic rings. The van der Waals surface area contributed by atoms with Crippen LogP contribution in [-0.2, 0) is 20.9 Å². The minimum atomic E-state index is -0.628. The van der Waals surface area contributed by atoms with Crippen molar-refractivity contribution in [1.82, 2.24) is 15.5 Å². The molecule has 1 spiro atoms. The summed E-state index contributed by atoms with van der Waals surface area (Å²) in [4.78, 5) is 42.8. The van der Waals surface area contributed by atoms with Gasteiger partial charge in [0.05, 0.1) is 16.6 Å². The van der Waals surface area contributed by atoms with E-state index < -0.39 is 28.2 Å². The SMILES string of the molecule is CC(C)(C)NC(=O)C1N(CCCCCO)C(=O)[C@@H]2[C@@H](C(=O)NCc3ccccc3)[C@@H]3SC12CC3Br. The van der Waals surface area contributed by atoms with Gasteiger partial charge in [0.15, 0.2) is 0 Å². The molecule has 1 aromatic rings. The van der Waals surface area contributed by atoms with Gasteiger partial charge < -0.3 is 20.6 Å². The smallest absolute Gasteiger partial charge is 0.244 e. The molecule has 3 saturated heterocycles. The summed E-state index contributed by atoms with van der Waals surface area (Å²) in [6.07, 6.45) is 2.84. The Labute approximate surface area is 220 Å². The van der Waals surface area contributed by atoms with E-state index in [-0.39, 0.29) is 34.4 Å². The predicted molar refractivity (Wildman–Crippen MR) is 141 cm³/mol. The fourth-order valence-corrected chi connectivity index (χ4v) is 9.50. The maximum absolute atomic E-state index is 13.9. The van der Waals surface area contributed by atoms with E-state index in [0.717, 1.165) is 12.0 Å². The lowest BCUT2D eigenvalue weighted by Crippen LogP contribution is -2.57. The van der Waals surface area contributed by atoms with Crippen LogP contribution in [0, 0.1) is 11.8 Å². The molecule has 35 heavy (non-hydrogen) atoms. The number of nitrogens with one attached hydrogen (secondary N) is 2. The summed E-state index contributed by atoms with van der Waals surface area (Å²) in [5, 5.41) is 15.3. The number of aliphatic hydroxyl groups is 1. The minimum Gasteiger partial charge on any atom is -0.396 e. The molecule has 192 valence electrons. The number of amides is 3. The Morgan fingerprint density at radius 2 is 1.89 bits per heavy atom. The molecule has 4 rings (SSSR count). The summed E-state index contributed by atoms with van der Waals surface area (Å²) >= 11 is 5.45. The van der Waals surface area contributed by atoms with Crippen molar-refractivity contribution < 1.29 is 19.5 Å². The molecule has 3 N–H and O–H groups in total. The molecule has 3 unspecified atom stereocenters. The van der Waals surface area contributed by atoms with Gasteiger partial charge in [0.1, 0.15) is 6.04 Å². The van der Waals surface area contributed by atoms with Gasteiger partial charge in [0.25, 0.3) is 0 Å². The van der Waals surface area contributed by atoms with Gasteiger partial charge in [-0.3, -0.25) is 14.4 Å². The normalized spacial score (nSPS) is 31.5. The van der Waals surface area contributed by atoms with Crippen LogP contribution in [0.5, 0.6) is 0 Å². The van der Waals surface area contributed by atoms with Gasteiger partial charge in [0, 0.05) is 35.3 Å². The number of halogens is 1. The third-order valence-electron chi connectivity index (χ3n) is 7.21. The molecule has 0 saturated carbocycles. The number of carbonyl (C=O) groups is 3. The molecule has 3 aliphatic heterocycles. The van der Waals surface area contributed by atoms with E-state index in [2.05, 4.69) is 26.6 Å². The molecule has 3 fully saturated rings. The number of aliphatic hydroxyl groups excluding tert-OH is 1. The Morgan fingerprint density at radius 3 is 2.54 bits per heavy atom. The van der Waals surface area contributed by atoms with Gasteiger partial charge >= 0.3 is 0 Å². The number of fused-ring (bicyclic) bond motifs is 1. The first-order chi connectivity index (χ1) is 16.6. The molecule has 0 aliphatic carbocycles. The van der Waals surface area contributed by atoms with Crippen LogP contribution in [0.25, 0.3) is 0 Å². The lowest BCUT2D eigenvalue weighted by molar-refractivity contribution is -0.140. The number of unbranched alkanes of at least 4 members (excludes halogenated alkanes) is 2. The molecule has 3 amide bonds. The highest BCUT2D eigenvalue weighted by Gasteiger charge is 2.75. The summed E-state index contributed by atoms with van der Waals surface area (Å²) < 4.78 is -0.628. The highest BCUT2D eigenvalue weighted by atomic mass is 79.9. The maximum Gasteiger partial charge on any atom is 0.244 e. The molecule has 1 aromatic carbocycles. The highest BCUT2D eigenvalue weighted by Crippen LogP contribution is 2.67. The number of likely N-dealkylation sites (tertiary alicyclic amines) is 1. The fourth-order valence-electron chi connectivity index (χ4n) is 5.88. The quantitative estimate of drug-likeness (QED) is 0.316. The average molecular weight is 567 g/mol. The summed E-state index contributed by atoms with van der Waals surface area (Å²) in [5.74, 6) is -1.35. The molecule has 3 heterocycles. The molecule has 7 nitrogen and oxygen atoms in total. The van der Waals surface area contributed by atoms with E-state index in [1.807, 2.05) is 51.1 Å². The number of alkyl halides is 1. The average Bonchev–Trinajstić information content (AvgIpc) is 3.38. The third kappa shape index (κ3) is 5.14. The summed E-state index contributed by atoms with van der Waals surface area (Å²) in [7, 11) is 0. The van der Waals surface area contributed by atoms with Gasteiger partial charge in [-0.05, 0) is 52.0 Å². The zero-order valence-electron chi connectivity index (χ0n) is 20.6. The first-order valence-electron chi connectivity index (χ1n) is 12.5. The minimum absolute atomic E-state index is 0.0544. The second-order valence-electron chi connectivity index (χ2n) is 10.9. The number of hydrogen-bond acceptors (Lipinski definition) is 5.